The summed E-state index contributed by atoms with van der Waals surface area (Å²) in [6, 6.07) is 10.3. The minimum absolute atomic E-state index is 0.0179. The molecule has 0 spiro atoms. The Kier molecular flexibility index (Phi) is 8.17. The van der Waals surface area contributed by atoms with Crippen molar-refractivity contribution in [1.29, 1.82) is 5.26 Å². The van der Waals surface area contributed by atoms with Gasteiger partial charge in [0.2, 0.25) is 0 Å². The van der Waals surface area contributed by atoms with Gasteiger partial charge in [0, 0.05) is 40.4 Å². The highest BCUT2D eigenvalue weighted by Gasteiger charge is 2.45. The maximum atomic E-state index is 14.6. The van der Waals surface area contributed by atoms with Gasteiger partial charge in [0.25, 0.3) is 12.3 Å². The minimum Gasteiger partial charge on any atom is -0.489 e. The summed E-state index contributed by atoms with van der Waals surface area (Å²) in [5, 5.41) is 12.2. The molecule has 2 aromatic carbocycles. The molecular formula is C33H24F8N4O3. The van der Waals surface area contributed by atoms with Gasteiger partial charge in [0.15, 0.2) is 5.75 Å². The predicted octanol–water partition coefficient (Wildman–Crippen LogP) is 8.04. The Bertz CT molecular complexity index is 1940. The third-order valence-corrected chi connectivity index (χ3v) is 8.15. The van der Waals surface area contributed by atoms with Crippen LogP contribution >= 0.6 is 0 Å². The number of alkyl halides is 8. The maximum Gasteiger partial charge on any atom is 0.416 e. The Morgan fingerprint density at radius 3 is 2.42 bits per heavy atom. The molecule has 1 saturated carbocycles. The summed E-state index contributed by atoms with van der Waals surface area (Å²) in [5.74, 6) is -3.32. The zero-order valence-electron chi connectivity index (χ0n) is 24.8. The number of hydrogen-bond donors (Lipinski definition) is 1. The van der Waals surface area contributed by atoms with Gasteiger partial charge >= 0.3 is 12.4 Å². The van der Waals surface area contributed by atoms with E-state index in [1.165, 1.54) is 19.1 Å². The van der Waals surface area contributed by atoms with Crippen LogP contribution in [0.3, 0.4) is 0 Å². The van der Waals surface area contributed by atoms with E-state index in [0.717, 1.165) is 55.4 Å². The fourth-order valence-corrected chi connectivity index (χ4v) is 5.31. The number of carbonyl (C=O) groups is 1. The molecule has 48 heavy (non-hydrogen) atoms. The molecule has 0 bridgehead atoms. The number of amides is 1. The van der Waals surface area contributed by atoms with Crippen LogP contribution in [0.2, 0.25) is 0 Å². The molecule has 2 aliphatic rings. The van der Waals surface area contributed by atoms with Gasteiger partial charge in [-0.2, -0.15) is 31.6 Å². The summed E-state index contributed by atoms with van der Waals surface area (Å²) in [6.45, 7) is 0.177. The molecule has 2 aromatic heterocycles. The fraction of sp³-hybridized carbons (Fsp3) is 0.333. The molecule has 2 unspecified atom stereocenters. The number of benzene rings is 2. The average molecular weight is 677 g/mol. The molecule has 1 amide bonds. The van der Waals surface area contributed by atoms with E-state index >= 15 is 0 Å². The lowest BCUT2D eigenvalue weighted by molar-refractivity contribution is -0.149. The van der Waals surface area contributed by atoms with Gasteiger partial charge in [-0.05, 0) is 56.2 Å². The Morgan fingerprint density at radius 1 is 1.10 bits per heavy atom. The quantitative estimate of drug-likeness (QED) is 0.190. The van der Waals surface area contributed by atoms with Gasteiger partial charge < -0.3 is 14.8 Å². The van der Waals surface area contributed by atoms with Gasteiger partial charge in [0.05, 0.1) is 23.4 Å². The van der Waals surface area contributed by atoms with Crippen LogP contribution < -0.4 is 14.8 Å². The van der Waals surface area contributed by atoms with Gasteiger partial charge in [-0.25, -0.2) is 13.8 Å². The number of carbonyl (C=O) groups excluding carboxylic acids is 1. The van der Waals surface area contributed by atoms with Crippen molar-refractivity contribution in [2.75, 3.05) is 13.2 Å². The number of aromatic nitrogens is 2. The van der Waals surface area contributed by atoms with Crippen LogP contribution in [-0.2, 0) is 11.6 Å². The number of pyridine rings is 2. The number of nitrogens with one attached hydrogen (secondary N) is 1. The number of nitriles is 1. The largest absolute Gasteiger partial charge is 0.489 e. The molecule has 4 aromatic rings. The monoisotopic (exact) mass is 676 g/mol. The summed E-state index contributed by atoms with van der Waals surface area (Å²) in [7, 11) is 0. The summed E-state index contributed by atoms with van der Waals surface area (Å²) >= 11 is 0. The molecule has 0 radical (unpaired) electrons. The maximum absolute atomic E-state index is 14.6. The first-order chi connectivity index (χ1) is 22.6. The SMILES string of the molecule is CC1(C#N)COc2c1cc(C(CNC(=O)c1cc(OC3CC3)c3ncc(C(F)F)cc3c1)C(F)(F)F)nc2-c1ccc(C(F)(F)F)cc1. The third kappa shape index (κ3) is 6.43. The van der Waals surface area contributed by atoms with Gasteiger partial charge in [0.1, 0.15) is 34.9 Å². The van der Waals surface area contributed by atoms with Crippen molar-refractivity contribution in [3.8, 4) is 28.8 Å². The molecule has 6 rings (SSSR count). The number of ether oxygens (including phenoxy) is 2. The number of rotatable bonds is 8. The van der Waals surface area contributed by atoms with Crippen molar-refractivity contribution in [3.63, 3.8) is 0 Å². The van der Waals surface area contributed by atoms with E-state index in [1.54, 1.807) is 0 Å². The first-order valence-electron chi connectivity index (χ1n) is 14.6. The number of halogens is 8. The zero-order valence-corrected chi connectivity index (χ0v) is 24.8. The van der Waals surface area contributed by atoms with E-state index in [-0.39, 0.29) is 57.5 Å². The molecule has 1 fully saturated rings. The second-order valence-electron chi connectivity index (χ2n) is 11.8. The molecule has 7 nitrogen and oxygen atoms in total. The van der Waals surface area contributed by atoms with Crippen molar-refractivity contribution in [3.05, 3.63) is 82.7 Å². The highest BCUT2D eigenvalue weighted by Crippen LogP contribution is 2.47. The zero-order chi connectivity index (χ0) is 34.6. The van der Waals surface area contributed by atoms with Crippen LogP contribution in [0.1, 0.15) is 64.9 Å². The lowest BCUT2D eigenvalue weighted by Crippen LogP contribution is -2.36. The van der Waals surface area contributed by atoms with Crippen LogP contribution in [0.25, 0.3) is 22.2 Å². The van der Waals surface area contributed by atoms with E-state index in [9.17, 15) is 45.2 Å². The second kappa shape index (κ2) is 11.9. The van der Waals surface area contributed by atoms with E-state index < -0.39 is 59.4 Å². The number of nitrogens with zero attached hydrogens (tertiary/aromatic N) is 3. The lowest BCUT2D eigenvalue weighted by Gasteiger charge is -2.23. The minimum atomic E-state index is -4.99. The van der Waals surface area contributed by atoms with Crippen molar-refractivity contribution >= 4 is 16.8 Å². The highest BCUT2D eigenvalue weighted by atomic mass is 19.4. The summed E-state index contributed by atoms with van der Waals surface area (Å²) in [6.07, 6.45) is -10.3. The summed E-state index contributed by atoms with van der Waals surface area (Å²) in [4.78, 5) is 21.5. The summed E-state index contributed by atoms with van der Waals surface area (Å²) in [5.41, 5.74) is -3.50. The molecule has 1 N–H and O–H groups in total. The van der Waals surface area contributed by atoms with Crippen molar-refractivity contribution in [2.24, 2.45) is 0 Å². The van der Waals surface area contributed by atoms with Crippen molar-refractivity contribution < 1.29 is 49.4 Å². The Labute approximate surface area is 267 Å². The fourth-order valence-electron chi connectivity index (χ4n) is 5.31. The molecule has 15 heteroatoms. The van der Waals surface area contributed by atoms with E-state index in [1.807, 2.05) is 6.07 Å². The van der Waals surface area contributed by atoms with Crippen LogP contribution in [0, 0.1) is 11.3 Å². The topological polar surface area (TPSA) is 97.1 Å². The first kappa shape index (κ1) is 32.9. The molecule has 250 valence electrons. The Morgan fingerprint density at radius 2 is 1.81 bits per heavy atom. The molecule has 0 saturated heterocycles. The van der Waals surface area contributed by atoms with Crippen LogP contribution in [-0.4, -0.2) is 41.3 Å². The summed E-state index contributed by atoms with van der Waals surface area (Å²) < 4.78 is 122. The predicted molar refractivity (Wildman–Crippen MR) is 155 cm³/mol. The molecule has 1 aliphatic heterocycles. The van der Waals surface area contributed by atoms with Crippen LogP contribution in [0.4, 0.5) is 35.1 Å². The molecule has 2 atom stereocenters. The molecule has 3 heterocycles. The van der Waals surface area contributed by atoms with Gasteiger partial charge in [-0.15, -0.1) is 0 Å². The van der Waals surface area contributed by atoms with Crippen molar-refractivity contribution in [2.45, 2.75) is 56.0 Å². The first-order valence-corrected chi connectivity index (χ1v) is 14.6. The average Bonchev–Trinajstić information content (AvgIpc) is 3.79. The number of fused-ring (bicyclic) bond motifs is 2. The second-order valence-corrected chi connectivity index (χ2v) is 11.8. The molecular weight excluding hydrogens is 652 g/mol. The number of hydrogen-bond acceptors (Lipinski definition) is 6. The van der Waals surface area contributed by atoms with Gasteiger partial charge in [-0.1, -0.05) is 12.1 Å². The van der Waals surface area contributed by atoms with Crippen LogP contribution in [0.15, 0.2) is 54.7 Å². The highest BCUT2D eigenvalue weighted by molar-refractivity contribution is 6.00. The third-order valence-electron chi connectivity index (χ3n) is 8.15. The normalized spacial score (nSPS) is 18.3. The van der Waals surface area contributed by atoms with E-state index in [2.05, 4.69) is 15.3 Å². The smallest absolute Gasteiger partial charge is 0.416 e. The lowest BCUT2D eigenvalue weighted by atomic mass is 9.84. The Hall–Kier alpha value is -5.00. The van der Waals surface area contributed by atoms with Crippen molar-refractivity contribution in [1.82, 2.24) is 15.3 Å². The van der Waals surface area contributed by atoms with E-state index in [0.29, 0.717) is 0 Å². The molecule has 1 aliphatic carbocycles. The van der Waals surface area contributed by atoms with Gasteiger partial charge in [-0.3, -0.25) is 9.78 Å². The standard InChI is InChI=1S/C33H24F8N4O3/c1-31(14-42)15-47-28-22(31)11-24(45-27(28)16-2-4-20(5-3-16)32(36,37)38)23(33(39,40)41)13-44-30(46)18-8-17-9-19(29(34)35)12-43-26(17)25(10-18)48-21-6-7-21/h2-5,8-12,21,23,29H,6-7,13,15H2,1H3,(H,44,46). The van der Waals surface area contributed by atoms with E-state index in [4.69, 9.17) is 9.47 Å². The Balaban J connectivity index is 1.36. The van der Waals surface area contributed by atoms with Crippen LogP contribution in [0.5, 0.6) is 11.5 Å².